The topological polar surface area (TPSA) is 89.9 Å². The Morgan fingerprint density at radius 1 is 1.43 bits per heavy atom. The lowest BCUT2D eigenvalue weighted by Gasteiger charge is -2.36. The predicted octanol–water partition coefficient (Wildman–Crippen LogP) is 2.37. The standard InChI is InChI=1S/C14H17IN2O4/c1-14(21)5-2-6-17(8-14)13(20)16-11-4-3-9(15)7-10(11)12(18)19/h3-4,7,21H,2,5-6,8H2,1H3,(H,16,20)(H,18,19). The number of aromatic carboxylic acids is 1. The van der Waals surface area contributed by atoms with Crippen LogP contribution in [0.3, 0.4) is 0 Å². The normalized spacial score (nSPS) is 22.0. The molecule has 1 aromatic carbocycles. The van der Waals surface area contributed by atoms with Gasteiger partial charge < -0.3 is 20.4 Å². The molecule has 1 aliphatic heterocycles. The third kappa shape index (κ3) is 4.07. The Morgan fingerprint density at radius 2 is 2.14 bits per heavy atom. The fraction of sp³-hybridized carbons (Fsp3) is 0.429. The van der Waals surface area contributed by atoms with Crippen molar-refractivity contribution >= 4 is 40.3 Å². The molecule has 1 aromatic rings. The summed E-state index contributed by atoms with van der Waals surface area (Å²) in [5.74, 6) is -1.09. The molecule has 1 aliphatic rings. The van der Waals surface area contributed by atoms with Gasteiger partial charge in [-0.25, -0.2) is 9.59 Å². The molecule has 1 heterocycles. The van der Waals surface area contributed by atoms with Crippen LogP contribution in [0.15, 0.2) is 18.2 Å². The summed E-state index contributed by atoms with van der Waals surface area (Å²) in [7, 11) is 0. The maximum atomic E-state index is 12.2. The minimum absolute atomic E-state index is 0.0546. The third-order valence-electron chi connectivity index (χ3n) is 3.42. The summed E-state index contributed by atoms with van der Waals surface area (Å²) in [6.45, 7) is 2.49. The van der Waals surface area contributed by atoms with E-state index in [2.05, 4.69) is 5.32 Å². The Labute approximate surface area is 136 Å². The Bertz CT molecular complexity index is 574. The van der Waals surface area contributed by atoms with Crippen LogP contribution in [0.5, 0.6) is 0 Å². The smallest absolute Gasteiger partial charge is 0.337 e. The second-order valence-electron chi connectivity index (χ2n) is 5.45. The molecule has 3 N–H and O–H groups in total. The average Bonchev–Trinajstić information content (AvgIpc) is 2.39. The number of anilines is 1. The number of carboxylic acid groups (broad SMARTS) is 1. The number of hydrogen-bond donors (Lipinski definition) is 3. The number of carboxylic acids is 1. The number of nitrogens with zero attached hydrogens (tertiary/aromatic N) is 1. The van der Waals surface area contributed by atoms with Crippen LogP contribution >= 0.6 is 22.6 Å². The van der Waals surface area contributed by atoms with E-state index in [0.29, 0.717) is 13.0 Å². The largest absolute Gasteiger partial charge is 0.478 e. The molecule has 0 bridgehead atoms. The molecule has 0 saturated carbocycles. The molecular weight excluding hydrogens is 387 g/mol. The number of aliphatic hydroxyl groups is 1. The van der Waals surface area contributed by atoms with Crippen LogP contribution in [0.2, 0.25) is 0 Å². The zero-order chi connectivity index (χ0) is 15.6. The van der Waals surface area contributed by atoms with Crippen LogP contribution in [-0.2, 0) is 0 Å². The molecule has 114 valence electrons. The highest BCUT2D eigenvalue weighted by atomic mass is 127. The second-order valence-corrected chi connectivity index (χ2v) is 6.69. The average molecular weight is 404 g/mol. The molecule has 0 radical (unpaired) electrons. The summed E-state index contributed by atoms with van der Waals surface area (Å²) >= 11 is 2.02. The number of carbonyl (C=O) groups excluding carboxylic acids is 1. The number of nitrogens with one attached hydrogen (secondary N) is 1. The van der Waals surface area contributed by atoms with Gasteiger partial charge in [0.15, 0.2) is 0 Å². The van der Waals surface area contributed by atoms with Gasteiger partial charge in [0, 0.05) is 10.1 Å². The highest BCUT2D eigenvalue weighted by molar-refractivity contribution is 14.1. The minimum atomic E-state index is -1.09. The molecule has 1 unspecified atom stereocenters. The minimum Gasteiger partial charge on any atom is -0.478 e. The van der Waals surface area contributed by atoms with Crippen molar-refractivity contribution < 1.29 is 19.8 Å². The van der Waals surface area contributed by atoms with Gasteiger partial charge in [-0.15, -0.1) is 0 Å². The van der Waals surface area contributed by atoms with Gasteiger partial charge in [-0.2, -0.15) is 0 Å². The highest BCUT2D eigenvalue weighted by Crippen LogP contribution is 2.23. The van der Waals surface area contributed by atoms with Gasteiger partial charge in [-0.3, -0.25) is 0 Å². The van der Waals surface area contributed by atoms with E-state index in [4.69, 9.17) is 0 Å². The fourth-order valence-electron chi connectivity index (χ4n) is 2.39. The van der Waals surface area contributed by atoms with Crippen LogP contribution in [0, 0.1) is 3.57 Å². The van der Waals surface area contributed by atoms with Crippen LogP contribution < -0.4 is 5.32 Å². The Hall–Kier alpha value is -1.35. The first kappa shape index (κ1) is 16.0. The monoisotopic (exact) mass is 404 g/mol. The van der Waals surface area contributed by atoms with Crippen molar-refractivity contribution in [1.82, 2.24) is 4.90 Å². The highest BCUT2D eigenvalue weighted by Gasteiger charge is 2.31. The van der Waals surface area contributed by atoms with Crippen molar-refractivity contribution in [3.63, 3.8) is 0 Å². The van der Waals surface area contributed by atoms with Crippen molar-refractivity contribution in [2.45, 2.75) is 25.4 Å². The molecule has 1 saturated heterocycles. The summed E-state index contributed by atoms with van der Waals surface area (Å²) in [6, 6.07) is 4.42. The molecule has 1 atom stereocenters. The summed E-state index contributed by atoms with van der Waals surface area (Å²) < 4.78 is 0.781. The van der Waals surface area contributed by atoms with E-state index in [1.54, 1.807) is 19.1 Å². The van der Waals surface area contributed by atoms with Gasteiger partial charge in [0.2, 0.25) is 0 Å². The maximum Gasteiger partial charge on any atom is 0.337 e. The summed E-state index contributed by atoms with van der Waals surface area (Å²) in [5, 5.41) is 21.8. The summed E-state index contributed by atoms with van der Waals surface area (Å²) in [4.78, 5) is 25.0. The lowest BCUT2D eigenvalue weighted by Crippen LogP contribution is -2.50. The summed E-state index contributed by atoms with van der Waals surface area (Å²) in [6.07, 6.45) is 1.37. The number of halogens is 1. The van der Waals surface area contributed by atoms with Gasteiger partial charge in [-0.1, -0.05) is 0 Å². The lowest BCUT2D eigenvalue weighted by atomic mass is 9.95. The van der Waals surface area contributed by atoms with Crippen LogP contribution in [0.25, 0.3) is 0 Å². The van der Waals surface area contributed by atoms with E-state index in [1.807, 2.05) is 22.6 Å². The van der Waals surface area contributed by atoms with Crippen molar-refractivity contribution in [2.75, 3.05) is 18.4 Å². The van der Waals surface area contributed by atoms with Gasteiger partial charge >= 0.3 is 12.0 Å². The molecule has 2 amide bonds. The van der Waals surface area contributed by atoms with Crippen LogP contribution in [-0.4, -0.2) is 45.8 Å². The van der Waals surface area contributed by atoms with Gasteiger partial charge in [0.1, 0.15) is 0 Å². The van der Waals surface area contributed by atoms with Crippen LogP contribution in [0.1, 0.15) is 30.1 Å². The second kappa shape index (κ2) is 6.18. The Kier molecular flexibility index (Phi) is 4.72. The molecule has 7 heteroatoms. The number of amides is 2. The number of β-amino-alcohol motifs (C(OH)–C–C–N with tert-alkyl or cyclic N) is 1. The van der Waals surface area contributed by atoms with Gasteiger partial charge in [0.05, 0.1) is 23.4 Å². The zero-order valence-electron chi connectivity index (χ0n) is 11.6. The Morgan fingerprint density at radius 3 is 2.76 bits per heavy atom. The van der Waals surface area contributed by atoms with E-state index in [-0.39, 0.29) is 17.8 Å². The maximum absolute atomic E-state index is 12.2. The number of urea groups is 1. The first-order valence-corrected chi connectivity index (χ1v) is 7.67. The predicted molar refractivity (Wildman–Crippen MR) is 86.6 cm³/mol. The third-order valence-corrected chi connectivity index (χ3v) is 4.09. The van der Waals surface area contributed by atoms with Crippen molar-refractivity contribution in [3.05, 3.63) is 27.3 Å². The van der Waals surface area contributed by atoms with E-state index >= 15 is 0 Å². The van der Waals surface area contributed by atoms with Gasteiger partial charge in [0.25, 0.3) is 0 Å². The van der Waals surface area contributed by atoms with E-state index in [1.165, 1.54) is 11.0 Å². The number of carbonyl (C=O) groups is 2. The first-order valence-electron chi connectivity index (χ1n) is 6.60. The van der Waals surface area contributed by atoms with E-state index in [0.717, 1.165) is 9.99 Å². The number of piperidine rings is 1. The van der Waals surface area contributed by atoms with E-state index < -0.39 is 17.6 Å². The van der Waals surface area contributed by atoms with Crippen molar-refractivity contribution in [1.29, 1.82) is 0 Å². The molecular formula is C14H17IN2O4. The molecule has 0 aromatic heterocycles. The van der Waals surface area contributed by atoms with Crippen molar-refractivity contribution in [2.24, 2.45) is 0 Å². The number of benzene rings is 1. The molecule has 0 aliphatic carbocycles. The van der Waals surface area contributed by atoms with E-state index in [9.17, 15) is 19.8 Å². The first-order chi connectivity index (χ1) is 9.78. The number of rotatable bonds is 2. The van der Waals surface area contributed by atoms with Gasteiger partial charge in [-0.05, 0) is 60.6 Å². The van der Waals surface area contributed by atoms with Crippen LogP contribution in [0.4, 0.5) is 10.5 Å². The SMILES string of the molecule is CC1(O)CCCN(C(=O)Nc2ccc(I)cc2C(=O)O)C1. The Balaban J connectivity index is 2.14. The molecule has 21 heavy (non-hydrogen) atoms. The fourth-order valence-corrected chi connectivity index (χ4v) is 2.88. The number of hydrogen-bond acceptors (Lipinski definition) is 3. The quantitative estimate of drug-likeness (QED) is 0.661. The van der Waals surface area contributed by atoms with Crippen molar-refractivity contribution in [3.8, 4) is 0 Å². The number of likely N-dealkylation sites (tertiary alicyclic amines) is 1. The molecule has 0 spiro atoms. The lowest BCUT2D eigenvalue weighted by molar-refractivity contribution is -0.000647. The molecule has 1 fully saturated rings. The zero-order valence-corrected chi connectivity index (χ0v) is 13.8. The molecule has 2 rings (SSSR count). The summed E-state index contributed by atoms with van der Waals surface area (Å²) in [5.41, 5.74) is -0.575. The molecule has 6 nitrogen and oxygen atoms in total.